The van der Waals surface area contributed by atoms with Crippen LogP contribution in [0.25, 0.3) is 0 Å². The standard InChI is InChI=1S/C14H15F3N4O3S2/c1-2-3-7-18-26(23,24)10-6-4-5-9(8-10)11(22)19-13-21-20-12(25-13)14(15,16)17/h4-6,8,18H,2-3,7H2,1H3,(H,19,21,22). The Bertz CT molecular complexity index is 882. The van der Waals surface area contributed by atoms with Gasteiger partial charge in [-0.25, -0.2) is 13.1 Å². The second kappa shape index (κ2) is 8.10. The summed E-state index contributed by atoms with van der Waals surface area (Å²) in [7, 11) is -3.78. The number of carbonyl (C=O) groups excluding carboxylic acids is 1. The Morgan fingerprint density at radius 2 is 2.00 bits per heavy atom. The fourth-order valence-electron chi connectivity index (χ4n) is 1.83. The fourth-order valence-corrected chi connectivity index (χ4v) is 3.55. The van der Waals surface area contributed by atoms with Crippen molar-refractivity contribution in [2.24, 2.45) is 0 Å². The maximum absolute atomic E-state index is 12.5. The van der Waals surface area contributed by atoms with Crippen LogP contribution in [0.15, 0.2) is 29.2 Å². The molecule has 0 unspecified atom stereocenters. The molecule has 0 bridgehead atoms. The first-order valence-electron chi connectivity index (χ1n) is 7.45. The van der Waals surface area contributed by atoms with Gasteiger partial charge in [-0.3, -0.25) is 10.1 Å². The lowest BCUT2D eigenvalue weighted by Gasteiger charge is -2.08. The van der Waals surface area contributed by atoms with E-state index in [1.54, 1.807) is 0 Å². The van der Waals surface area contributed by atoms with Gasteiger partial charge >= 0.3 is 6.18 Å². The van der Waals surface area contributed by atoms with Crippen molar-refractivity contribution < 1.29 is 26.4 Å². The molecule has 26 heavy (non-hydrogen) atoms. The second-order valence-electron chi connectivity index (χ2n) is 5.14. The molecule has 0 fully saturated rings. The summed E-state index contributed by atoms with van der Waals surface area (Å²) in [4.78, 5) is 12.0. The molecule has 0 spiro atoms. The highest BCUT2D eigenvalue weighted by molar-refractivity contribution is 7.89. The summed E-state index contributed by atoms with van der Waals surface area (Å²) in [5.41, 5.74) is -0.0351. The quantitative estimate of drug-likeness (QED) is 0.686. The molecule has 7 nitrogen and oxygen atoms in total. The van der Waals surface area contributed by atoms with E-state index in [1.807, 2.05) is 6.92 Å². The number of sulfonamides is 1. The van der Waals surface area contributed by atoms with Crippen molar-refractivity contribution in [2.75, 3.05) is 11.9 Å². The van der Waals surface area contributed by atoms with Gasteiger partial charge in [0.05, 0.1) is 4.90 Å². The molecule has 2 aromatic rings. The van der Waals surface area contributed by atoms with Gasteiger partial charge in [-0.05, 0) is 24.6 Å². The van der Waals surface area contributed by atoms with Crippen LogP contribution in [-0.2, 0) is 16.2 Å². The van der Waals surface area contributed by atoms with E-state index in [4.69, 9.17) is 0 Å². The van der Waals surface area contributed by atoms with Crippen LogP contribution in [0.3, 0.4) is 0 Å². The van der Waals surface area contributed by atoms with Crippen molar-refractivity contribution in [1.29, 1.82) is 0 Å². The lowest BCUT2D eigenvalue weighted by Crippen LogP contribution is -2.25. The Kier molecular flexibility index (Phi) is 6.31. The van der Waals surface area contributed by atoms with E-state index in [2.05, 4.69) is 20.2 Å². The summed E-state index contributed by atoms with van der Waals surface area (Å²) in [5.74, 6) is -0.791. The highest BCUT2D eigenvalue weighted by atomic mass is 32.2. The van der Waals surface area contributed by atoms with E-state index in [0.29, 0.717) is 6.42 Å². The third-order valence-corrected chi connectivity index (χ3v) is 5.46. The number of benzene rings is 1. The van der Waals surface area contributed by atoms with Crippen molar-refractivity contribution >= 4 is 32.4 Å². The lowest BCUT2D eigenvalue weighted by atomic mass is 10.2. The lowest BCUT2D eigenvalue weighted by molar-refractivity contribution is -0.138. The van der Waals surface area contributed by atoms with E-state index >= 15 is 0 Å². The van der Waals surface area contributed by atoms with Gasteiger partial charge in [0, 0.05) is 12.1 Å². The third-order valence-electron chi connectivity index (χ3n) is 3.12. The Labute approximate surface area is 151 Å². The van der Waals surface area contributed by atoms with Crippen LogP contribution < -0.4 is 10.0 Å². The number of rotatable bonds is 7. The van der Waals surface area contributed by atoms with Gasteiger partial charge in [0.1, 0.15) is 0 Å². The average Bonchev–Trinajstić information content (AvgIpc) is 3.04. The largest absolute Gasteiger partial charge is 0.445 e. The van der Waals surface area contributed by atoms with Crippen LogP contribution in [-0.4, -0.2) is 31.1 Å². The molecule has 0 atom stereocenters. The number of hydrogen-bond donors (Lipinski definition) is 2. The first kappa shape index (κ1) is 20.3. The number of alkyl halides is 3. The predicted molar refractivity (Wildman–Crippen MR) is 89.4 cm³/mol. The number of carbonyl (C=O) groups is 1. The summed E-state index contributed by atoms with van der Waals surface area (Å²) in [5, 5.41) is 6.86. The molecule has 2 rings (SSSR count). The highest BCUT2D eigenvalue weighted by Crippen LogP contribution is 2.33. The normalized spacial score (nSPS) is 12.2. The number of halogens is 3. The maximum atomic E-state index is 12.5. The van der Waals surface area contributed by atoms with Crippen molar-refractivity contribution in [3.8, 4) is 0 Å². The van der Waals surface area contributed by atoms with Crippen molar-refractivity contribution in [1.82, 2.24) is 14.9 Å². The minimum atomic E-state index is -4.65. The summed E-state index contributed by atoms with van der Waals surface area (Å²) in [6.45, 7) is 2.18. The Balaban J connectivity index is 2.14. The minimum absolute atomic E-state index is 0.0351. The molecule has 0 saturated heterocycles. The smallest absolute Gasteiger partial charge is 0.296 e. The fraction of sp³-hybridized carbons (Fsp3) is 0.357. The summed E-state index contributed by atoms with van der Waals surface area (Å²) in [6.07, 6.45) is -3.18. The average molecular weight is 408 g/mol. The van der Waals surface area contributed by atoms with Crippen LogP contribution in [0.2, 0.25) is 0 Å². The topological polar surface area (TPSA) is 101 Å². The number of nitrogens with zero attached hydrogens (tertiary/aromatic N) is 2. The van der Waals surface area contributed by atoms with Crippen LogP contribution in [0, 0.1) is 0 Å². The summed E-state index contributed by atoms with van der Waals surface area (Å²) >= 11 is 0.176. The predicted octanol–water partition coefficient (Wildman–Crippen LogP) is 2.89. The highest BCUT2D eigenvalue weighted by Gasteiger charge is 2.35. The number of amides is 1. The van der Waals surface area contributed by atoms with Crippen molar-refractivity contribution in [3.05, 3.63) is 34.8 Å². The first-order valence-corrected chi connectivity index (χ1v) is 9.75. The number of anilines is 1. The molecule has 1 amide bonds. The molecule has 1 aromatic carbocycles. The zero-order valence-corrected chi connectivity index (χ0v) is 15.1. The Hall–Kier alpha value is -2.05. The zero-order valence-electron chi connectivity index (χ0n) is 13.5. The summed E-state index contributed by atoms with van der Waals surface area (Å²) in [6, 6.07) is 5.16. The molecule has 1 heterocycles. The zero-order chi connectivity index (χ0) is 19.4. The van der Waals surface area contributed by atoms with Crippen LogP contribution in [0.5, 0.6) is 0 Å². The van der Waals surface area contributed by atoms with Crippen LogP contribution >= 0.6 is 11.3 Å². The molecule has 0 aliphatic rings. The Morgan fingerprint density at radius 3 is 2.62 bits per heavy atom. The second-order valence-corrected chi connectivity index (χ2v) is 7.89. The molecule has 142 valence electrons. The SMILES string of the molecule is CCCCNS(=O)(=O)c1cccc(C(=O)Nc2nnc(C(F)(F)F)s2)c1. The molecular weight excluding hydrogens is 393 g/mol. The number of hydrogen-bond acceptors (Lipinski definition) is 6. The number of nitrogens with one attached hydrogen (secondary N) is 2. The van der Waals surface area contributed by atoms with E-state index in [-0.39, 0.29) is 33.5 Å². The van der Waals surface area contributed by atoms with Gasteiger partial charge in [-0.15, -0.1) is 10.2 Å². The van der Waals surface area contributed by atoms with Gasteiger partial charge in [0.2, 0.25) is 20.2 Å². The summed E-state index contributed by atoms with van der Waals surface area (Å²) < 4.78 is 64.2. The molecule has 0 saturated carbocycles. The maximum Gasteiger partial charge on any atom is 0.445 e. The molecular formula is C14H15F3N4O3S2. The van der Waals surface area contributed by atoms with E-state index in [1.165, 1.54) is 18.2 Å². The molecule has 12 heteroatoms. The Morgan fingerprint density at radius 1 is 1.27 bits per heavy atom. The van der Waals surface area contributed by atoms with Crippen LogP contribution in [0.1, 0.15) is 35.1 Å². The van der Waals surface area contributed by atoms with Crippen molar-refractivity contribution in [2.45, 2.75) is 30.8 Å². The number of aromatic nitrogens is 2. The van der Waals surface area contributed by atoms with Gasteiger partial charge < -0.3 is 0 Å². The first-order chi connectivity index (χ1) is 12.1. The van der Waals surface area contributed by atoms with Gasteiger partial charge in [-0.2, -0.15) is 13.2 Å². The van der Waals surface area contributed by atoms with Crippen LogP contribution in [0.4, 0.5) is 18.3 Å². The van der Waals surface area contributed by atoms with Gasteiger partial charge in [-0.1, -0.05) is 30.7 Å². The molecule has 0 aliphatic heterocycles. The van der Waals surface area contributed by atoms with Gasteiger partial charge in [0.25, 0.3) is 5.91 Å². The molecule has 1 aromatic heterocycles. The van der Waals surface area contributed by atoms with E-state index in [0.717, 1.165) is 12.5 Å². The molecule has 2 N–H and O–H groups in total. The minimum Gasteiger partial charge on any atom is -0.296 e. The van der Waals surface area contributed by atoms with Gasteiger partial charge in [0.15, 0.2) is 0 Å². The van der Waals surface area contributed by atoms with E-state index in [9.17, 15) is 26.4 Å². The number of unbranched alkanes of at least 4 members (excludes halogenated alkanes) is 1. The van der Waals surface area contributed by atoms with Crippen molar-refractivity contribution in [3.63, 3.8) is 0 Å². The molecule has 0 radical (unpaired) electrons. The van der Waals surface area contributed by atoms with E-state index < -0.39 is 27.1 Å². The third kappa shape index (κ3) is 5.22. The molecule has 0 aliphatic carbocycles. The monoisotopic (exact) mass is 408 g/mol.